The van der Waals surface area contributed by atoms with Crippen LogP contribution in [0.25, 0.3) is 0 Å². The van der Waals surface area contributed by atoms with Gasteiger partial charge in [0.25, 0.3) is 17.7 Å². The van der Waals surface area contributed by atoms with Crippen LogP contribution in [-0.4, -0.2) is 35.0 Å². The van der Waals surface area contributed by atoms with E-state index in [9.17, 15) is 18.7 Å². The third-order valence-corrected chi connectivity index (χ3v) is 4.48. The number of hydrogen-bond donors (Lipinski definition) is 1. The average Bonchev–Trinajstić information content (AvgIpc) is 2.80. The Morgan fingerprint density at radius 1 is 1.06 bits per heavy atom. The molecule has 0 fully saturated rings. The van der Waals surface area contributed by atoms with Gasteiger partial charge in [-0.3, -0.25) is 4.79 Å². The van der Waals surface area contributed by atoms with E-state index in [0.29, 0.717) is 5.56 Å². The Hall–Kier alpha value is -4.03. The summed E-state index contributed by atoms with van der Waals surface area (Å²) in [5, 5.41) is 19.2. The number of carbonyl (C=O) groups is 1. The number of amides is 1. The van der Waals surface area contributed by atoms with Crippen molar-refractivity contribution in [2.24, 2.45) is 0 Å². The molecular weight excluding hydrogens is 420 g/mol. The lowest BCUT2D eigenvalue weighted by Crippen LogP contribution is -2.28. The van der Waals surface area contributed by atoms with Crippen LogP contribution >= 0.6 is 0 Å². The predicted molar refractivity (Wildman–Crippen MR) is 110 cm³/mol. The predicted octanol–water partition coefficient (Wildman–Crippen LogP) is 4.25. The van der Waals surface area contributed by atoms with Gasteiger partial charge in [0.2, 0.25) is 0 Å². The zero-order chi connectivity index (χ0) is 23.4. The Morgan fingerprint density at radius 2 is 1.62 bits per heavy atom. The van der Waals surface area contributed by atoms with E-state index >= 15 is 0 Å². The lowest BCUT2D eigenvalue weighted by Gasteiger charge is -2.17. The van der Waals surface area contributed by atoms with Gasteiger partial charge in [-0.1, -0.05) is 18.2 Å². The number of nitriles is 1. The lowest BCUT2D eigenvalue weighted by atomic mass is 10.1. The highest BCUT2D eigenvalue weighted by atomic mass is 19.1. The molecule has 0 aliphatic rings. The van der Waals surface area contributed by atoms with Crippen molar-refractivity contribution < 1.29 is 28.2 Å². The maximum Gasteiger partial charge on any atom is 0.259 e. The number of rotatable bonds is 6. The zero-order valence-electron chi connectivity index (χ0n) is 17.5. The van der Waals surface area contributed by atoms with Crippen molar-refractivity contribution in [3.63, 3.8) is 0 Å². The quantitative estimate of drug-likeness (QED) is 0.617. The summed E-state index contributed by atoms with van der Waals surface area (Å²) in [5.74, 6) is -3.47. The summed E-state index contributed by atoms with van der Waals surface area (Å²) in [7, 11) is 3.00. The van der Waals surface area contributed by atoms with Crippen LogP contribution in [-0.2, 0) is 4.79 Å². The summed E-state index contributed by atoms with van der Waals surface area (Å²) in [6.07, 6.45) is -1.44. The Kier molecular flexibility index (Phi) is 6.66. The standard InChI is InChI=1S/C23H19F2N3O4/c1-13-18(24)21(31-16-8-4-6-14(10-16)12-26)27-22(19(13)25)32-17-9-5-7-15(11-17)20(29)23(30)28(2)3/h4-11,20,29H,1-3H3. The first kappa shape index (κ1) is 22.7. The number of pyridine rings is 1. The second-order valence-corrected chi connectivity index (χ2v) is 7.03. The van der Waals surface area contributed by atoms with E-state index in [1.165, 1.54) is 62.3 Å². The molecule has 1 amide bonds. The van der Waals surface area contributed by atoms with Crippen LogP contribution in [0.2, 0.25) is 0 Å². The van der Waals surface area contributed by atoms with Crippen molar-refractivity contribution in [1.29, 1.82) is 5.26 Å². The summed E-state index contributed by atoms with van der Waals surface area (Å²) in [5.41, 5.74) is 0.145. The number of nitrogens with zero attached hydrogens (tertiary/aromatic N) is 3. The number of aliphatic hydroxyl groups is 1. The van der Waals surface area contributed by atoms with Gasteiger partial charge in [-0.05, 0) is 42.8 Å². The summed E-state index contributed by atoms with van der Waals surface area (Å²) in [4.78, 5) is 17.0. The van der Waals surface area contributed by atoms with Gasteiger partial charge in [-0.2, -0.15) is 10.2 Å². The van der Waals surface area contributed by atoms with Crippen LogP contribution in [0.5, 0.6) is 23.3 Å². The fourth-order valence-electron chi connectivity index (χ4n) is 2.73. The molecule has 1 aromatic heterocycles. The zero-order valence-corrected chi connectivity index (χ0v) is 17.5. The molecule has 0 spiro atoms. The minimum absolute atomic E-state index is 0.0722. The van der Waals surface area contributed by atoms with E-state index in [-0.39, 0.29) is 22.6 Å². The number of aliphatic hydroxyl groups excluding tert-OH is 1. The van der Waals surface area contributed by atoms with Crippen molar-refractivity contribution in [2.45, 2.75) is 13.0 Å². The Labute approximate surface area is 183 Å². The van der Waals surface area contributed by atoms with Crippen molar-refractivity contribution in [1.82, 2.24) is 9.88 Å². The average molecular weight is 439 g/mol. The van der Waals surface area contributed by atoms with E-state index < -0.39 is 35.4 Å². The van der Waals surface area contributed by atoms with Crippen molar-refractivity contribution in [2.75, 3.05) is 14.1 Å². The lowest BCUT2D eigenvalue weighted by molar-refractivity contribution is -0.137. The highest BCUT2D eigenvalue weighted by Crippen LogP contribution is 2.33. The molecule has 1 unspecified atom stereocenters. The van der Waals surface area contributed by atoms with Gasteiger partial charge in [-0.25, -0.2) is 8.78 Å². The molecule has 0 saturated heterocycles. The van der Waals surface area contributed by atoms with Crippen molar-refractivity contribution in [3.05, 3.63) is 76.9 Å². The molecule has 3 rings (SSSR count). The molecular formula is C23H19F2N3O4. The van der Waals surface area contributed by atoms with Crippen LogP contribution in [0, 0.1) is 29.9 Å². The van der Waals surface area contributed by atoms with Crippen LogP contribution in [0.4, 0.5) is 8.78 Å². The molecule has 1 N–H and O–H groups in total. The maximum absolute atomic E-state index is 14.6. The number of aromatic nitrogens is 1. The van der Waals surface area contributed by atoms with Crippen LogP contribution in [0.15, 0.2) is 48.5 Å². The smallest absolute Gasteiger partial charge is 0.259 e. The van der Waals surface area contributed by atoms with Crippen LogP contribution in [0.3, 0.4) is 0 Å². The number of hydrogen-bond acceptors (Lipinski definition) is 6. The van der Waals surface area contributed by atoms with E-state index in [0.717, 1.165) is 0 Å². The molecule has 9 heteroatoms. The van der Waals surface area contributed by atoms with E-state index in [2.05, 4.69) is 4.98 Å². The number of halogens is 2. The van der Waals surface area contributed by atoms with Gasteiger partial charge in [0, 0.05) is 19.7 Å². The van der Waals surface area contributed by atoms with Crippen molar-refractivity contribution in [3.8, 4) is 29.3 Å². The minimum atomic E-state index is -1.44. The van der Waals surface area contributed by atoms with Gasteiger partial charge in [-0.15, -0.1) is 0 Å². The van der Waals surface area contributed by atoms with E-state index in [4.69, 9.17) is 14.7 Å². The first-order valence-electron chi connectivity index (χ1n) is 9.42. The second kappa shape index (κ2) is 9.41. The molecule has 0 radical (unpaired) electrons. The normalized spacial score (nSPS) is 11.4. The van der Waals surface area contributed by atoms with Crippen LogP contribution in [0.1, 0.15) is 22.8 Å². The number of benzene rings is 2. The molecule has 32 heavy (non-hydrogen) atoms. The minimum Gasteiger partial charge on any atom is -0.436 e. The van der Waals surface area contributed by atoms with Crippen LogP contribution < -0.4 is 9.47 Å². The molecule has 0 saturated carbocycles. The van der Waals surface area contributed by atoms with Gasteiger partial charge in [0.1, 0.15) is 11.5 Å². The summed E-state index contributed by atoms with van der Waals surface area (Å²) < 4.78 is 40.1. The second-order valence-electron chi connectivity index (χ2n) is 7.03. The molecule has 164 valence electrons. The Bertz CT molecular complexity index is 1210. The highest BCUT2D eigenvalue weighted by molar-refractivity contribution is 5.81. The monoisotopic (exact) mass is 439 g/mol. The van der Waals surface area contributed by atoms with Gasteiger partial charge in [0.15, 0.2) is 17.7 Å². The largest absolute Gasteiger partial charge is 0.436 e. The molecule has 1 atom stereocenters. The van der Waals surface area contributed by atoms with Gasteiger partial charge < -0.3 is 19.5 Å². The first-order chi connectivity index (χ1) is 15.2. The van der Waals surface area contributed by atoms with Gasteiger partial charge in [0.05, 0.1) is 11.6 Å². The molecule has 0 aliphatic carbocycles. The molecule has 2 aromatic carbocycles. The molecule has 1 heterocycles. The number of ether oxygens (including phenoxy) is 2. The Balaban J connectivity index is 1.93. The van der Waals surface area contributed by atoms with E-state index in [1.54, 1.807) is 12.1 Å². The van der Waals surface area contributed by atoms with Crippen molar-refractivity contribution >= 4 is 5.91 Å². The first-order valence-corrected chi connectivity index (χ1v) is 9.42. The third-order valence-electron chi connectivity index (χ3n) is 4.48. The highest BCUT2D eigenvalue weighted by Gasteiger charge is 2.22. The molecule has 3 aromatic rings. The third kappa shape index (κ3) is 4.82. The summed E-state index contributed by atoms with van der Waals surface area (Å²) >= 11 is 0. The SMILES string of the molecule is Cc1c(F)c(Oc2cccc(C#N)c2)nc(Oc2cccc(C(O)C(=O)N(C)C)c2)c1F. The molecule has 7 nitrogen and oxygen atoms in total. The maximum atomic E-state index is 14.6. The fourth-order valence-corrected chi connectivity index (χ4v) is 2.73. The Morgan fingerprint density at radius 3 is 2.19 bits per heavy atom. The summed E-state index contributed by atoms with van der Waals surface area (Å²) in [6, 6.07) is 13.7. The van der Waals surface area contributed by atoms with E-state index in [1.807, 2.05) is 6.07 Å². The topological polar surface area (TPSA) is 95.7 Å². The fraction of sp³-hybridized carbons (Fsp3) is 0.174. The molecule has 0 aliphatic heterocycles. The number of likely N-dealkylation sites (N-methyl/N-ethyl adjacent to an activating group) is 1. The van der Waals surface area contributed by atoms with Gasteiger partial charge >= 0.3 is 0 Å². The molecule has 0 bridgehead atoms. The summed E-state index contributed by atoms with van der Waals surface area (Å²) in [6.45, 7) is 1.20. The number of carbonyl (C=O) groups excluding carboxylic acids is 1.